The second kappa shape index (κ2) is 6.40. The summed E-state index contributed by atoms with van der Waals surface area (Å²) in [6.07, 6.45) is 2.81. The third kappa shape index (κ3) is 4.16. The van der Waals surface area contributed by atoms with Crippen molar-refractivity contribution < 1.29 is 4.79 Å². The summed E-state index contributed by atoms with van der Waals surface area (Å²) in [6.45, 7) is 6.30. The first-order valence-electron chi connectivity index (χ1n) is 7.32. The van der Waals surface area contributed by atoms with E-state index < -0.39 is 0 Å². The van der Waals surface area contributed by atoms with E-state index in [-0.39, 0.29) is 5.92 Å². The molecule has 1 aromatic rings. The summed E-state index contributed by atoms with van der Waals surface area (Å²) in [5, 5.41) is 0. The van der Waals surface area contributed by atoms with Crippen LogP contribution >= 0.6 is 15.9 Å². The lowest BCUT2D eigenvalue weighted by Gasteiger charge is -2.36. The van der Waals surface area contributed by atoms with Crippen LogP contribution in [0.4, 0.5) is 0 Å². The highest BCUT2D eigenvalue weighted by molar-refractivity contribution is 9.10. The van der Waals surface area contributed by atoms with Crippen molar-refractivity contribution in [3.63, 3.8) is 0 Å². The Morgan fingerprint density at radius 3 is 2.75 bits per heavy atom. The largest absolute Gasteiger partial charge is 0.301 e. The molecular formula is C17H24BrNO. The second-order valence-corrected chi connectivity index (χ2v) is 7.67. The van der Waals surface area contributed by atoms with Gasteiger partial charge in [-0.25, -0.2) is 0 Å². The van der Waals surface area contributed by atoms with E-state index in [1.165, 1.54) is 5.56 Å². The van der Waals surface area contributed by atoms with Crippen LogP contribution in [0.25, 0.3) is 0 Å². The molecule has 110 valence electrons. The number of ketones is 1. The third-order valence-electron chi connectivity index (χ3n) is 4.23. The highest BCUT2D eigenvalue weighted by atomic mass is 79.9. The van der Waals surface area contributed by atoms with Crippen molar-refractivity contribution in [1.29, 1.82) is 0 Å². The van der Waals surface area contributed by atoms with Crippen LogP contribution in [0, 0.1) is 11.3 Å². The van der Waals surface area contributed by atoms with Gasteiger partial charge < -0.3 is 4.90 Å². The molecule has 2 nitrogen and oxygen atoms in total. The summed E-state index contributed by atoms with van der Waals surface area (Å²) in [4.78, 5) is 14.4. The minimum absolute atomic E-state index is 0.200. The molecule has 0 spiro atoms. The van der Waals surface area contributed by atoms with Crippen LogP contribution in [-0.2, 0) is 11.3 Å². The number of Topliss-reactive ketones (excluding diaryl/α,β-unsaturated/α-hetero) is 1. The van der Waals surface area contributed by atoms with Crippen LogP contribution in [0.2, 0.25) is 0 Å². The van der Waals surface area contributed by atoms with Crippen molar-refractivity contribution in [1.82, 2.24) is 4.90 Å². The molecule has 1 aromatic carbocycles. The molecule has 0 radical (unpaired) electrons. The second-order valence-electron chi connectivity index (χ2n) is 6.82. The van der Waals surface area contributed by atoms with E-state index in [1.807, 2.05) is 6.07 Å². The molecule has 1 aliphatic carbocycles. The zero-order valence-electron chi connectivity index (χ0n) is 12.7. The standard InChI is InChI=1S/C17H24BrNO/c1-17(2)9-8-16(20)14(10-17)12-19(3)11-13-6-4-5-7-15(13)18/h4-7,14H,8-12H2,1-3H3. The Bertz CT molecular complexity index is 484. The first-order valence-corrected chi connectivity index (χ1v) is 8.11. The highest BCUT2D eigenvalue weighted by Gasteiger charge is 2.33. The normalized spacial score (nSPS) is 22.2. The van der Waals surface area contributed by atoms with Crippen molar-refractivity contribution in [2.45, 2.75) is 39.7 Å². The Balaban J connectivity index is 1.95. The Labute approximate surface area is 130 Å². The topological polar surface area (TPSA) is 20.3 Å². The average molecular weight is 338 g/mol. The number of benzene rings is 1. The van der Waals surface area contributed by atoms with E-state index in [0.717, 1.165) is 36.8 Å². The lowest BCUT2D eigenvalue weighted by Crippen LogP contribution is -2.37. The van der Waals surface area contributed by atoms with Crippen LogP contribution < -0.4 is 0 Å². The van der Waals surface area contributed by atoms with Gasteiger partial charge in [0.15, 0.2) is 0 Å². The number of hydrogen-bond donors (Lipinski definition) is 0. The van der Waals surface area contributed by atoms with Crippen molar-refractivity contribution >= 4 is 21.7 Å². The van der Waals surface area contributed by atoms with Gasteiger partial charge in [-0.05, 0) is 36.9 Å². The van der Waals surface area contributed by atoms with Gasteiger partial charge >= 0.3 is 0 Å². The average Bonchev–Trinajstić information content (AvgIpc) is 2.36. The molecule has 1 saturated carbocycles. The van der Waals surface area contributed by atoms with Crippen molar-refractivity contribution in [2.75, 3.05) is 13.6 Å². The fourth-order valence-electron chi connectivity index (χ4n) is 3.07. The molecule has 0 amide bonds. The molecule has 1 atom stereocenters. The molecule has 20 heavy (non-hydrogen) atoms. The molecule has 3 heteroatoms. The summed E-state index contributed by atoms with van der Waals surface area (Å²) >= 11 is 3.59. The van der Waals surface area contributed by atoms with Crippen molar-refractivity contribution in [3.05, 3.63) is 34.3 Å². The monoisotopic (exact) mass is 337 g/mol. The molecule has 0 N–H and O–H groups in total. The first-order chi connectivity index (χ1) is 9.37. The van der Waals surface area contributed by atoms with E-state index in [9.17, 15) is 4.79 Å². The minimum Gasteiger partial charge on any atom is -0.301 e. The molecule has 1 fully saturated rings. The van der Waals surface area contributed by atoms with Crippen molar-refractivity contribution in [3.8, 4) is 0 Å². The van der Waals surface area contributed by atoms with Gasteiger partial charge in [0.1, 0.15) is 5.78 Å². The van der Waals surface area contributed by atoms with Gasteiger partial charge in [0.05, 0.1) is 0 Å². The fraction of sp³-hybridized carbons (Fsp3) is 0.588. The number of hydrogen-bond acceptors (Lipinski definition) is 2. The summed E-state index contributed by atoms with van der Waals surface area (Å²) < 4.78 is 1.14. The summed E-state index contributed by atoms with van der Waals surface area (Å²) in [6, 6.07) is 8.29. The maximum absolute atomic E-state index is 12.1. The molecule has 0 bridgehead atoms. The van der Waals surface area contributed by atoms with Gasteiger partial charge in [0, 0.05) is 29.9 Å². The number of rotatable bonds is 4. The van der Waals surface area contributed by atoms with E-state index in [4.69, 9.17) is 0 Å². The van der Waals surface area contributed by atoms with E-state index >= 15 is 0 Å². The predicted molar refractivity (Wildman–Crippen MR) is 86.6 cm³/mol. The molecular weight excluding hydrogens is 314 g/mol. The lowest BCUT2D eigenvalue weighted by atomic mass is 9.71. The molecule has 0 saturated heterocycles. The summed E-state index contributed by atoms with van der Waals surface area (Å²) in [5.74, 6) is 0.648. The molecule has 2 rings (SSSR count). The van der Waals surface area contributed by atoms with Crippen LogP contribution in [0.5, 0.6) is 0 Å². The molecule has 0 aromatic heterocycles. The minimum atomic E-state index is 0.200. The maximum atomic E-state index is 12.1. The summed E-state index contributed by atoms with van der Waals surface area (Å²) in [7, 11) is 2.11. The molecule has 0 heterocycles. The van der Waals surface area contributed by atoms with Crippen molar-refractivity contribution in [2.24, 2.45) is 11.3 Å². The number of carbonyl (C=O) groups is 1. The van der Waals surface area contributed by atoms with Gasteiger partial charge in [0.2, 0.25) is 0 Å². The van der Waals surface area contributed by atoms with Gasteiger partial charge in [-0.2, -0.15) is 0 Å². The first kappa shape index (κ1) is 15.7. The zero-order chi connectivity index (χ0) is 14.8. The van der Waals surface area contributed by atoms with Crippen LogP contribution in [0.15, 0.2) is 28.7 Å². The number of carbonyl (C=O) groups excluding carboxylic acids is 1. The quantitative estimate of drug-likeness (QED) is 0.817. The van der Waals surface area contributed by atoms with E-state index in [2.05, 4.69) is 59.9 Å². The highest BCUT2D eigenvalue weighted by Crippen LogP contribution is 2.37. The van der Waals surface area contributed by atoms with Gasteiger partial charge in [-0.1, -0.05) is 48.0 Å². The van der Waals surface area contributed by atoms with Gasteiger partial charge in [-0.15, -0.1) is 0 Å². The number of halogens is 1. The molecule has 1 aliphatic rings. The Kier molecular flexibility index (Phi) is 5.03. The molecule has 0 aliphatic heterocycles. The summed E-state index contributed by atoms with van der Waals surface area (Å²) in [5.41, 5.74) is 1.59. The van der Waals surface area contributed by atoms with Crippen LogP contribution in [0.3, 0.4) is 0 Å². The van der Waals surface area contributed by atoms with Crippen LogP contribution in [-0.4, -0.2) is 24.3 Å². The number of nitrogens with zero attached hydrogens (tertiary/aromatic N) is 1. The maximum Gasteiger partial charge on any atom is 0.137 e. The van der Waals surface area contributed by atoms with Gasteiger partial charge in [0.25, 0.3) is 0 Å². The Morgan fingerprint density at radius 2 is 2.05 bits per heavy atom. The predicted octanol–water partition coefficient (Wildman–Crippen LogP) is 4.28. The van der Waals surface area contributed by atoms with Gasteiger partial charge in [-0.3, -0.25) is 4.79 Å². The fourth-order valence-corrected chi connectivity index (χ4v) is 3.48. The smallest absolute Gasteiger partial charge is 0.137 e. The van der Waals surface area contributed by atoms with E-state index in [1.54, 1.807) is 0 Å². The Morgan fingerprint density at radius 1 is 1.35 bits per heavy atom. The lowest BCUT2D eigenvalue weighted by molar-refractivity contribution is -0.127. The molecule has 1 unspecified atom stereocenters. The van der Waals surface area contributed by atoms with E-state index in [0.29, 0.717) is 11.2 Å². The zero-order valence-corrected chi connectivity index (χ0v) is 14.2. The third-order valence-corrected chi connectivity index (χ3v) is 5.01. The van der Waals surface area contributed by atoms with Crippen LogP contribution in [0.1, 0.15) is 38.7 Å². The SMILES string of the molecule is CN(Cc1ccccc1Br)CC1CC(C)(C)CCC1=O. The Hall–Kier alpha value is -0.670.